The number of carboxylic acid groups (broad SMARTS) is 1. The first-order chi connectivity index (χ1) is 8.09. The lowest BCUT2D eigenvalue weighted by Crippen LogP contribution is -1.97. The quantitative estimate of drug-likeness (QED) is 0.885. The van der Waals surface area contributed by atoms with Gasteiger partial charge in [-0.1, -0.05) is 11.6 Å². The van der Waals surface area contributed by atoms with Crippen LogP contribution in [0.2, 0.25) is 5.02 Å². The van der Waals surface area contributed by atoms with Crippen LogP contribution in [0, 0.1) is 6.92 Å². The molecule has 86 valence electrons. The van der Waals surface area contributed by atoms with E-state index in [0.29, 0.717) is 10.6 Å². The van der Waals surface area contributed by atoms with E-state index in [2.05, 4.69) is 4.98 Å². The molecule has 0 amide bonds. The van der Waals surface area contributed by atoms with Crippen LogP contribution in [-0.2, 0) is 0 Å². The van der Waals surface area contributed by atoms with Gasteiger partial charge in [0.1, 0.15) is 0 Å². The smallest absolute Gasteiger partial charge is 0.335 e. The summed E-state index contributed by atoms with van der Waals surface area (Å²) in [6, 6.07) is 6.50. The third-order valence-electron chi connectivity index (χ3n) is 2.54. The molecule has 0 aliphatic heterocycles. The van der Waals surface area contributed by atoms with Crippen molar-refractivity contribution in [1.82, 2.24) is 4.98 Å². The fourth-order valence-electron chi connectivity index (χ4n) is 1.61. The lowest BCUT2D eigenvalue weighted by atomic mass is 10.0. The summed E-state index contributed by atoms with van der Waals surface area (Å²) in [6.07, 6.45) is 3.37. The highest BCUT2D eigenvalue weighted by Gasteiger charge is 2.10. The predicted octanol–water partition coefficient (Wildman–Crippen LogP) is 3.41. The van der Waals surface area contributed by atoms with E-state index in [0.717, 1.165) is 11.1 Å². The van der Waals surface area contributed by atoms with Gasteiger partial charge in [0.2, 0.25) is 0 Å². The summed E-state index contributed by atoms with van der Waals surface area (Å²) < 4.78 is 0. The normalized spacial score (nSPS) is 10.2. The molecule has 0 radical (unpaired) electrons. The van der Waals surface area contributed by atoms with Gasteiger partial charge in [-0.25, -0.2) is 4.79 Å². The summed E-state index contributed by atoms with van der Waals surface area (Å²) in [5.74, 6) is -0.968. The van der Waals surface area contributed by atoms with E-state index in [1.54, 1.807) is 24.5 Å². The van der Waals surface area contributed by atoms with Gasteiger partial charge in [0, 0.05) is 28.5 Å². The molecule has 2 rings (SSSR count). The maximum absolute atomic E-state index is 10.9. The van der Waals surface area contributed by atoms with Crippen LogP contribution in [0.3, 0.4) is 0 Å². The molecule has 0 atom stereocenters. The Hall–Kier alpha value is -1.87. The van der Waals surface area contributed by atoms with Gasteiger partial charge in [-0.3, -0.25) is 4.98 Å². The molecule has 1 aromatic heterocycles. The van der Waals surface area contributed by atoms with Crippen LogP contribution in [0.15, 0.2) is 36.7 Å². The average molecular weight is 248 g/mol. The number of hydrogen-bond acceptors (Lipinski definition) is 2. The summed E-state index contributed by atoms with van der Waals surface area (Å²) in [4.78, 5) is 15.0. The van der Waals surface area contributed by atoms with Gasteiger partial charge in [0.05, 0.1) is 5.56 Å². The maximum atomic E-state index is 10.9. The Morgan fingerprint density at radius 1 is 1.29 bits per heavy atom. The van der Waals surface area contributed by atoms with E-state index >= 15 is 0 Å². The number of benzene rings is 1. The van der Waals surface area contributed by atoms with Crippen LogP contribution in [0.25, 0.3) is 11.1 Å². The number of carbonyl (C=O) groups is 1. The molecule has 1 heterocycles. The number of pyridine rings is 1. The summed E-state index contributed by atoms with van der Waals surface area (Å²) in [6.45, 7) is 1.93. The highest BCUT2D eigenvalue weighted by atomic mass is 35.5. The van der Waals surface area contributed by atoms with Crippen molar-refractivity contribution in [3.05, 3.63) is 52.8 Å². The molecule has 0 fully saturated rings. The summed E-state index contributed by atoms with van der Waals surface area (Å²) in [7, 11) is 0. The predicted molar refractivity (Wildman–Crippen MR) is 66.4 cm³/mol. The number of nitrogens with zero attached hydrogens (tertiary/aromatic N) is 1. The van der Waals surface area contributed by atoms with Crippen molar-refractivity contribution >= 4 is 17.6 Å². The molecule has 0 bridgehead atoms. The van der Waals surface area contributed by atoms with Crippen molar-refractivity contribution in [3.63, 3.8) is 0 Å². The molecule has 0 saturated carbocycles. The fraction of sp³-hybridized carbons (Fsp3) is 0.0769. The van der Waals surface area contributed by atoms with Gasteiger partial charge in [-0.2, -0.15) is 0 Å². The van der Waals surface area contributed by atoms with Gasteiger partial charge in [-0.15, -0.1) is 0 Å². The molecule has 3 nitrogen and oxygen atoms in total. The van der Waals surface area contributed by atoms with Crippen LogP contribution >= 0.6 is 11.6 Å². The van der Waals surface area contributed by atoms with E-state index in [9.17, 15) is 4.79 Å². The third-order valence-corrected chi connectivity index (χ3v) is 2.87. The van der Waals surface area contributed by atoms with Crippen LogP contribution < -0.4 is 0 Å². The van der Waals surface area contributed by atoms with E-state index < -0.39 is 5.97 Å². The Labute approximate surface area is 104 Å². The van der Waals surface area contributed by atoms with Gasteiger partial charge in [0.15, 0.2) is 0 Å². The number of rotatable bonds is 2. The number of halogens is 1. The Bertz CT molecular complexity index is 581. The zero-order chi connectivity index (χ0) is 12.4. The molecule has 1 aromatic carbocycles. The van der Waals surface area contributed by atoms with Crippen LogP contribution in [0.1, 0.15) is 15.9 Å². The minimum Gasteiger partial charge on any atom is -0.478 e. The minimum absolute atomic E-state index is 0.215. The first kappa shape index (κ1) is 11.6. The first-order valence-electron chi connectivity index (χ1n) is 5.03. The van der Waals surface area contributed by atoms with Gasteiger partial charge in [0.25, 0.3) is 0 Å². The average Bonchev–Trinajstić information content (AvgIpc) is 2.30. The number of hydrogen-bond donors (Lipinski definition) is 1. The molecule has 4 heteroatoms. The van der Waals surface area contributed by atoms with Crippen LogP contribution in [-0.4, -0.2) is 16.1 Å². The monoisotopic (exact) mass is 247 g/mol. The first-order valence-corrected chi connectivity index (χ1v) is 5.41. The lowest BCUT2D eigenvalue weighted by Gasteiger charge is -2.08. The molecular formula is C13H10ClNO2. The Balaban J connectivity index is 2.63. The number of aromatic nitrogens is 1. The number of aryl methyl sites for hydroxylation is 1. The number of aromatic carboxylic acids is 1. The molecule has 2 aromatic rings. The van der Waals surface area contributed by atoms with Gasteiger partial charge in [-0.05, 0) is 36.8 Å². The molecule has 0 unspecified atom stereocenters. The molecular weight excluding hydrogens is 238 g/mol. The largest absolute Gasteiger partial charge is 0.478 e. The topological polar surface area (TPSA) is 50.2 Å². The maximum Gasteiger partial charge on any atom is 0.335 e. The molecule has 0 aliphatic rings. The second-order valence-corrected chi connectivity index (χ2v) is 4.10. The third kappa shape index (κ3) is 2.29. The van der Waals surface area contributed by atoms with Gasteiger partial charge >= 0.3 is 5.97 Å². The van der Waals surface area contributed by atoms with Gasteiger partial charge < -0.3 is 5.11 Å². The Morgan fingerprint density at radius 3 is 2.71 bits per heavy atom. The zero-order valence-electron chi connectivity index (χ0n) is 9.14. The second-order valence-electron chi connectivity index (χ2n) is 3.69. The highest BCUT2D eigenvalue weighted by molar-refractivity contribution is 6.33. The molecule has 0 saturated heterocycles. The molecule has 17 heavy (non-hydrogen) atoms. The van der Waals surface area contributed by atoms with Crippen LogP contribution in [0.4, 0.5) is 0 Å². The van der Waals surface area contributed by atoms with Crippen molar-refractivity contribution in [2.24, 2.45) is 0 Å². The second kappa shape index (κ2) is 4.55. The van der Waals surface area contributed by atoms with Crippen molar-refractivity contribution in [2.45, 2.75) is 6.92 Å². The van der Waals surface area contributed by atoms with Crippen molar-refractivity contribution in [3.8, 4) is 11.1 Å². The van der Waals surface area contributed by atoms with Crippen molar-refractivity contribution in [2.75, 3.05) is 0 Å². The molecule has 0 spiro atoms. The van der Waals surface area contributed by atoms with Crippen molar-refractivity contribution in [1.29, 1.82) is 0 Å². The minimum atomic E-state index is -0.968. The summed E-state index contributed by atoms with van der Waals surface area (Å²) >= 11 is 6.09. The van der Waals surface area contributed by atoms with E-state index in [1.807, 2.05) is 13.0 Å². The standard InChI is InChI=1S/C13H10ClNO2/c1-8-4-5-15-7-11(8)10-6-9(13(16)17)2-3-12(10)14/h2-7H,1H3,(H,16,17). The Morgan fingerprint density at radius 2 is 2.06 bits per heavy atom. The summed E-state index contributed by atoms with van der Waals surface area (Å²) in [5.41, 5.74) is 2.76. The van der Waals surface area contributed by atoms with E-state index in [4.69, 9.17) is 16.7 Å². The Kier molecular flexibility index (Phi) is 3.11. The molecule has 0 aliphatic carbocycles. The SMILES string of the molecule is Cc1ccncc1-c1cc(C(=O)O)ccc1Cl. The zero-order valence-corrected chi connectivity index (χ0v) is 9.90. The fourth-order valence-corrected chi connectivity index (χ4v) is 1.83. The highest BCUT2D eigenvalue weighted by Crippen LogP contribution is 2.30. The summed E-state index contributed by atoms with van der Waals surface area (Å²) in [5, 5.41) is 9.48. The van der Waals surface area contributed by atoms with E-state index in [-0.39, 0.29) is 5.56 Å². The van der Waals surface area contributed by atoms with E-state index in [1.165, 1.54) is 6.07 Å². The molecule has 1 N–H and O–H groups in total. The number of carboxylic acids is 1. The van der Waals surface area contributed by atoms with Crippen molar-refractivity contribution < 1.29 is 9.90 Å². The van der Waals surface area contributed by atoms with Crippen LogP contribution in [0.5, 0.6) is 0 Å². The lowest BCUT2D eigenvalue weighted by molar-refractivity contribution is 0.0697.